The Morgan fingerprint density at radius 2 is 1.93 bits per heavy atom. The maximum atomic E-state index is 12.6. The first-order chi connectivity index (χ1) is 13.5. The molecule has 2 aromatic carbocycles. The van der Waals surface area contributed by atoms with Crippen LogP contribution in [0.25, 0.3) is 10.2 Å². The zero-order valence-electron chi connectivity index (χ0n) is 16.4. The van der Waals surface area contributed by atoms with Crippen molar-refractivity contribution in [3.8, 4) is 5.75 Å². The van der Waals surface area contributed by atoms with Crippen LogP contribution in [0.1, 0.15) is 11.1 Å². The van der Waals surface area contributed by atoms with Gasteiger partial charge in [-0.2, -0.15) is 0 Å². The number of piperazine rings is 1. The molecule has 3 aromatic rings. The van der Waals surface area contributed by atoms with Crippen LogP contribution < -0.4 is 15.0 Å². The molecule has 2 heterocycles. The lowest BCUT2D eigenvalue weighted by Crippen LogP contribution is -2.50. The van der Waals surface area contributed by atoms with Crippen LogP contribution in [0.4, 0.5) is 15.6 Å². The number of hydrogen-bond donors (Lipinski definition) is 1. The molecule has 0 aliphatic carbocycles. The molecule has 7 heteroatoms. The quantitative estimate of drug-likeness (QED) is 0.718. The highest BCUT2D eigenvalue weighted by atomic mass is 32.1. The van der Waals surface area contributed by atoms with Crippen molar-refractivity contribution in [2.24, 2.45) is 0 Å². The van der Waals surface area contributed by atoms with E-state index in [0.29, 0.717) is 13.1 Å². The smallest absolute Gasteiger partial charge is 0.321 e. The summed E-state index contributed by atoms with van der Waals surface area (Å²) >= 11 is 1.73. The minimum absolute atomic E-state index is 0.0799. The molecule has 1 aliphatic rings. The molecule has 1 fully saturated rings. The molecule has 1 aromatic heterocycles. The summed E-state index contributed by atoms with van der Waals surface area (Å²) in [5.41, 5.74) is 4.31. The van der Waals surface area contributed by atoms with Crippen LogP contribution in [-0.2, 0) is 0 Å². The van der Waals surface area contributed by atoms with E-state index >= 15 is 0 Å². The summed E-state index contributed by atoms with van der Waals surface area (Å²) in [7, 11) is 1.62. The van der Waals surface area contributed by atoms with Crippen LogP contribution >= 0.6 is 11.3 Å². The average Bonchev–Trinajstić information content (AvgIpc) is 3.12. The Labute approximate surface area is 168 Å². The Morgan fingerprint density at radius 3 is 2.68 bits per heavy atom. The standard InChI is InChI=1S/C21H24N4O2S/c1-14-11-15(2)19-18(12-14)28-21(23-19)25-9-7-24(8-10-25)20(26)22-16-5-4-6-17(13-16)27-3/h4-6,11-13H,7-10H2,1-3H3,(H,22,26). The molecule has 146 valence electrons. The second kappa shape index (κ2) is 7.67. The lowest BCUT2D eigenvalue weighted by Gasteiger charge is -2.34. The normalized spacial score (nSPS) is 14.4. The first-order valence-corrected chi connectivity index (χ1v) is 10.2. The third-order valence-electron chi connectivity index (χ3n) is 4.98. The molecule has 4 rings (SSSR count). The molecule has 28 heavy (non-hydrogen) atoms. The number of thiazole rings is 1. The van der Waals surface area contributed by atoms with Crippen molar-refractivity contribution in [2.75, 3.05) is 43.5 Å². The first-order valence-electron chi connectivity index (χ1n) is 9.36. The summed E-state index contributed by atoms with van der Waals surface area (Å²) in [5.74, 6) is 0.726. The SMILES string of the molecule is COc1cccc(NC(=O)N2CCN(c3nc4c(C)cc(C)cc4s3)CC2)c1. The number of aromatic nitrogens is 1. The third-order valence-corrected chi connectivity index (χ3v) is 6.04. The number of amides is 2. The molecule has 0 spiro atoms. The maximum Gasteiger partial charge on any atom is 0.321 e. The predicted octanol–water partition coefficient (Wildman–Crippen LogP) is 4.28. The van der Waals surface area contributed by atoms with Gasteiger partial charge in [-0.05, 0) is 43.2 Å². The number of fused-ring (bicyclic) bond motifs is 1. The summed E-state index contributed by atoms with van der Waals surface area (Å²) in [6.07, 6.45) is 0. The molecule has 1 saturated heterocycles. The average molecular weight is 397 g/mol. The van der Waals surface area contributed by atoms with Crippen molar-refractivity contribution < 1.29 is 9.53 Å². The van der Waals surface area contributed by atoms with E-state index in [1.165, 1.54) is 15.8 Å². The van der Waals surface area contributed by atoms with E-state index in [1.54, 1.807) is 18.4 Å². The molecule has 0 unspecified atom stereocenters. The second-order valence-electron chi connectivity index (χ2n) is 7.06. The van der Waals surface area contributed by atoms with Crippen LogP contribution in [0, 0.1) is 13.8 Å². The van der Waals surface area contributed by atoms with Crippen molar-refractivity contribution in [2.45, 2.75) is 13.8 Å². The number of ether oxygens (including phenoxy) is 1. The largest absolute Gasteiger partial charge is 0.497 e. The van der Waals surface area contributed by atoms with E-state index in [0.717, 1.165) is 35.2 Å². The molecule has 0 bridgehead atoms. The monoisotopic (exact) mass is 396 g/mol. The Morgan fingerprint density at radius 1 is 1.14 bits per heavy atom. The van der Waals surface area contributed by atoms with Gasteiger partial charge in [-0.25, -0.2) is 9.78 Å². The van der Waals surface area contributed by atoms with Crippen molar-refractivity contribution >= 4 is 38.4 Å². The molecule has 6 nitrogen and oxygen atoms in total. The summed E-state index contributed by atoms with van der Waals surface area (Å²) < 4.78 is 6.44. The van der Waals surface area contributed by atoms with Gasteiger partial charge >= 0.3 is 6.03 Å². The maximum absolute atomic E-state index is 12.6. The van der Waals surface area contributed by atoms with Crippen LogP contribution in [0.5, 0.6) is 5.75 Å². The number of methoxy groups -OCH3 is 1. The van der Waals surface area contributed by atoms with E-state index in [1.807, 2.05) is 29.2 Å². The van der Waals surface area contributed by atoms with Crippen LogP contribution in [0.3, 0.4) is 0 Å². The van der Waals surface area contributed by atoms with E-state index < -0.39 is 0 Å². The summed E-state index contributed by atoms with van der Waals surface area (Å²) in [5, 5.41) is 3.99. The summed E-state index contributed by atoms with van der Waals surface area (Å²) in [6.45, 7) is 7.13. The fourth-order valence-corrected chi connectivity index (χ4v) is 4.69. The number of anilines is 2. The van der Waals surface area contributed by atoms with E-state index in [-0.39, 0.29) is 6.03 Å². The molecule has 2 amide bonds. The fraction of sp³-hybridized carbons (Fsp3) is 0.333. The molecular formula is C21H24N4O2S. The van der Waals surface area contributed by atoms with Gasteiger partial charge < -0.3 is 19.9 Å². The molecule has 0 radical (unpaired) electrons. The Kier molecular flexibility index (Phi) is 5.09. The van der Waals surface area contributed by atoms with Gasteiger partial charge in [0.15, 0.2) is 5.13 Å². The molecule has 0 saturated carbocycles. The predicted molar refractivity (Wildman–Crippen MR) is 115 cm³/mol. The highest BCUT2D eigenvalue weighted by Gasteiger charge is 2.23. The van der Waals surface area contributed by atoms with Gasteiger partial charge in [-0.1, -0.05) is 23.5 Å². The van der Waals surface area contributed by atoms with Crippen molar-refractivity contribution in [1.82, 2.24) is 9.88 Å². The van der Waals surface area contributed by atoms with Crippen molar-refractivity contribution in [3.05, 3.63) is 47.5 Å². The second-order valence-corrected chi connectivity index (χ2v) is 8.07. The molecule has 1 aliphatic heterocycles. The van der Waals surface area contributed by atoms with Gasteiger partial charge in [-0.15, -0.1) is 0 Å². The van der Waals surface area contributed by atoms with Crippen molar-refractivity contribution in [1.29, 1.82) is 0 Å². The Hall–Kier alpha value is -2.80. The van der Waals surface area contributed by atoms with Crippen LogP contribution in [0.15, 0.2) is 36.4 Å². The van der Waals surface area contributed by atoms with E-state index in [4.69, 9.17) is 9.72 Å². The number of urea groups is 1. The Balaban J connectivity index is 1.40. The summed E-state index contributed by atoms with van der Waals surface area (Å²) in [6, 6.07) is 11.7. The zero-order chi connectivity index (χ0) is 19.7. The first kappa shape index (κ1) is 18.6. The van der Waals surface area contributed by atoms with Crippen molar-refractivity contribution in [3.63, 3.8) is 0 Å². The van der Waals surface area contributed by atoms with Gasteiger partial charge in [0.2, 0.25) is 0 Å². The number of hydrogen-bond acceptors (Lipinski definition) is 5. The Bertz CT molecular complexity index is 1010. The highest BCUT2D eigenvalue weighted by molar-refractivity contribution is 7.22. The number of carbonyl (C=O) groups excluding carboxylic acids is 1. The van der Waals surface area contributed by atoms with Gasteiger partial charge in [-0.3, -0.25) is 0 Å². The minimum atomic E-state index is -0.0799. The van der Waals surface area contributed by atoms with Gasteiger partial charge in [0.25, 0.3) is 0 Å². The van der Waals surface area contributed by atoms with E-state index in [9.17, 15) is 4.79 Å². The number of rotatable bonds is 3. The topological polar surface area (TPSA) is 57.7 Å². The third kappa shape index (κ3) is 3.75. The zero-order valence-corrected chi connectivity index (χ0v) is 17.2. The number of carbonyl (C=O) groups is 1. The van der Waals surface area contributed by atoms with Crippen LogP contribution in [0.2, 0.25) is 0 Å². The van der Waals surface area contributed by atoms with Gasteiger partial charge in [0.05, 0.1) is 17.3 Å². The van der Waals surface area contributed by atoms with Gasteiger partial charge in [0.1, 0.15) is 5.75 Å². The number of nitrogens with zero attached hydrogens (tertiary/aromatic N) is 3. The van der Waals surface area contributed by atoms with Crippen LogP contribution in [-0.4, -0.2) is 49.2 Å². The number of benzene rings is 2. The minimum Gasteiger partial charge on any atom is -0.497 e. The number of nitrogens with one attached hydrogen (secondary N) is 1. The number of aryl methyl sites for hydroxylation is 2. The molecular weight excluding hydrogens is 372 g/mol. The fourth-order valence-electron chi connectivity index (χ4n) is 3.50. The lowest BCUT2D eigenvalue weighted by atomic mass is 10.1. The lowest BCUT2D eigenvalue weighted by molar-refractivity contribution is 0.208. The molecule has 0 atom stereocenters. The molecule has 1 N–H and O–H groups in total. The van der Waals surface area contributed by atoms with E-state index in [2.05, 4.69) is 36.2 Å². The summed E-state index contributed by atoms with van der Waals surface area (Å²) in [4.78, 5) is 21.5. The van der Waals surface area contributed by atoms with Gasteiger partial charge in [0, 0.05) is 37.9 Å². The highest BCUT2D eigenvalue weighted by Crippen LogP contribution is 2.32.